The van der Waals surface area contributed by atoms with E-state index >= 15 is 0 Å². The third-order valence-corrected chi connectivity index (χ3v) is 1.77. The Kier molecular flexibility index (Phi) is 15.2. The number of hydrogen-bond donors (Lipinski definition) is 4. The predicted octanol–water partition coefficient (Wildman–Crippen LogP) is 1.52. The summed E-state index contributed by atoms with van der Waals surface area (Å²) in [5, 5.41) is 16.0. The summed E-state index contributed by atoms with van der Waals surface area (Å²) in [6.45, 7) is -11.5. The van der Waals surface area contributed by atoms with Crippen molar-refractivity contribution >= 4 is 14.0 Å². The van der Waals surface area contributed by atoms with Crippen LogP contribution in [0.3, 0.4) is 0 Å². The lowest BCUT2D eigenvalue weighted by Crippen LogP contribution is -2.25. The molecule has 0 aliphatic rings. The van der Waals surface area contributed by atoms with Crippen LogP contribution in [0.5, 0.6) is 0 Å². The predicted molar refractivity (Wildman–Crippen MR) is 68.6 cm³/mol. The molecule has 0 aromatic heterocycles. The van der Waals surface area contributed by atoms with E-state index in [9.17, 15) is 25.9 Å². The van der Waals surface area contributed by atoms with Crippen molar-refractivity contribution in [2.24, 2.45) is 0 Å². The fraction of sp³-hybridized carbons (Fsp3) is 1.00. The maximum absolute atomic E-state index is 11.4. The maximum atomic E-state index is 11.4. The summed E-state index contributed by atoms with van der Waals surface area (Å²) in [6, 6.07) is 0. The second kappa shape index (κ2) is 14.1. The van der Waals surface area contributed by atoms with Crippen molar-refractivity contribution < 1.29 is 45.8 Å². The number of hydroxylamine groups is 2. The Labute approximate surface area is 124 Å². The third kappa shape index (κ3) is 27.8. The van der Waals surface area contributed by atoms with Crippen LogP contribution < -0.4 is 11.0 Å². The van der Waals surface area contributed by atoms with Crippen molar-refractivity contribution in [2.75, 3.05) is 39.3 Å². The Balaban J connectivity index is 0. The van der Waals surface area contributed by atoms with E-state index < -0.39 is 27.0 Å². The Morgan fingerprint density at radius 2 is 1.00 bits per heavy atom. The average Bonchev–Trinajstić information content (AvgIpc) is 2.36. The summed E-state index contributed by atoms with van der Waals surface area (Å²) in [5.74, 6) is 0. The molecule has 136 valence electrons. The molecule has 0 amide bonds. The zero-order valence-electron chi connectivity index (χ0n) is 11.8. The molecular weight excluding hydrogens is 325 g/mol. The first-order chi connectivity index (χ1) is 10.1. The second-order valence-corrected chi connectivity index (χ2v) is 4.09. The topological polar surface area (TPSA) is 83.0 Å². The SMILES string of the molecule is ONCCCOC[B-](F)(F)F.ONC[13CH2]COC[B-](F)(F)F. The molecule has 0 spiro atoms. The van der Waals surface area contributed by atoms with Gasteiger partial charge >= 0.3 is 14.0 Å². The van der Waals surface area contributed by atoms with E-state index in [2.05, 4.69) is 9.47 Å². The van der Waals surface area contributed by atoms with Crippen LogP contribution in [0.1, 0.15) is 12.8 Å². The van der Waals surface area contributed by atoms with Crippen molar-refractivity contribution in [3.63, 3.8) is 0 Å². The highest BCUT2D eigenvalue weighted by Crippen LogP contribution is 2.08. The molecule has 0 rings (SSSR count). The van der Waals surface area contributed by atoms with E-state index in [-0.39, 0.29) is 26.3 Å². The minimum absolute atomic E-state index is 0.00875. The number of ether oxygens (including phenoxy) is 2. The molecule has 0 atom stereocenters. The lowest BCUT2D eigenvalue weighted by Gasteiger charge is -2.13. The van der Waals surface area contributed by atoms with Gasteiger partial charge in [0.25, 0.3) is 0 Å². The Morgan fingerprint density at radius 1 is 0.682 bits per heavy atom. The normalized spacial score (nSPS) is 12.0. The number of hydrogen-bond acceptors (Lipinski definition) is 6. The van der Waals surface area contributed by atoms with Crippen molar-refractivity contribution in [3.8, 4) is 0 Å². The Hall–Kier alpha value is -0.530. The maximum Gasteiger partial charge on any atom is 0.503 e. The van der Waals surface area contributed by atoms with Crippen LogP contribution in [0.15, 0.2) is 0 Å². The molecule has 0 heterocycles. The minimum Gasteiger partial charge on any atom is -0.447 e. The molecule has 0 bridgehead atoms. The summed E-state index contributed by atoms with van der Waals surface area (Å²) in [7, 11) is 0. The van der Waals surface area contributed by atoms with E-state index in [1.165, 1.54) is 0 Å². The molecule has 0 aromatic carbocycles. The van der Waals surface area contributed by atoms with Crippen LogP contribution in [0.4, 0.5) is 25.9 Å². The van der Waals surface area contributed by atoms with Crippen LogP contribution in [-0.4, -0.2) is 63.7 Å². The van der Waals surface area contributed by atoms with Gasteiger partial charge in [-0.1, -0.05) is 0 Å². The first kappa shape index (κ1) is 23.7. The number of halogens is 6. The molecular formula is C8H20B2F6N2O4-2. The zero-order valence-corrected chi connectivity index (χ0v) is 11.8. The molecule has 4 N–H and O–H groups in total. The lowest BCUT2D eigenvalue weighted by atomic mass is 9.95. The largest absolute Gasteiger partial charge is 0.503 e. The lowest BCUT2D eigenvalue weighted by molar-refractivity contribution is 0.122. The van der Waals surface area contributed by atoms with E-state index in [0.29, 0.717) is 12.8 Å². The fourth-order valence-electron chi connectivity index (χ4n) is 0.941. The minimum atomic E-state index is -4.83. The quantitative estimate of drug-likeness (QED) is 0.141. The summed E-state index contributed by atoms with van der Waals surface area (Å²) in [4.78, 5) is 0. The first-order valence-corrected chi connectivity index (χ1v) is 6.43. The van der Waals surface area contributed by atoms with Gasteiger partial charge in [0.2, 0.25) is 0 Å². The van der Waals surface area contributed by atoms with Crippen LogP contribution in [0.2, 0.25) is 0 Å². The fourth-order valence-corrected chi connectivity index (χ4v) is 0.941. The summed E-state index contributed by atoms with van der Waals surface area (Å²) in [6.07, 6.45) is 0.728. The van der Waals surface area contributed by atoms with E-state index in [1.807, 2.05) is 11.0 Å². The van der Waals surface area contributed by atoms with Gasteiger partial charge in [0, 0.05) is 39.3 Å². The third-order valence-electron chi connectivity index (χ3n) is 1.77. The van der Waals surface area contributed by atoms with Crippen LogP contribution in [0.25, 0.3) is 0 Å². The molecule has 0 aromatic rings. The molecule has 6 nitrogen and oxygen atoms in total. The van der Waals surface area contributed by atoms with Crippen LogP contribution in [0, 0.1) is 0 Å². The van der Waals surface area contributed by atoms with Crippen molar-refractivity contribution in [1.29, 1.82) is 0 Å². The average molecular weight is 345 g/mol. The highest BCUT2D eigenvalue weighted by molar-refractivity contribution is 6.58. The van der Waals surface area contributed by atoms with Gasteiger partial charge in [-0.25, -0.2) is 11.0 Å². The molecule has 0 radical (unpaired) electrons. The van der Waals surface area contributed by atoms with Gasteiger partial charge in [-0.2, -0.15) is 0 Å². The Morgan fingerprint density at radius 3 is 1.23 bits per heavy atom. The molecule has 0 saturated carbocycles. The molecule has 0 unspecified atom stereocenters. The van der Waals surface area contributed by atoms with Crippen molar-refractivity contribution in [3.05, 3.63) is 0 Å². The smallest absolute Gasteiger partial charge is 0.447 e. The molecule has 14 heteroatoms. The van der Waals surface area contributed by atoms with Gasteiger partial charge in [0.05, 0.1) is 0 Å². The van der Waals surface area contributed by atoms with Gasteiger partial charge in [-0.3, -0.25) is 0 Å². The molecule has 0 aliphatic heterocycles. The molecule has 0 fully saturated rings. The molecule has 22 heavy (non-hydrogen) atoms. The highest BCUT2D eigenvalue weighted by Gasteiger charge is 2.23. The summed E-state index contributed by atoms with van der Waals surface area (Å²) in [5.41, 5.74) is 3.62. The van der Waals surface area contributed by atoms with Crippen LogP contribution in [-0.2, 0) is 9.47 Å². The van der Waals surface area contributed by atoms with E-state index in [4.69, 9.17) is 10.4 Å². The highest BCUT2D eigenvalue weighted by atomic mass is 19.4. The Bertz CT molecular complexity index is 224. The first-order valence-electron chi connectivity index (χ1n) is 6.43. The second-order valence-electron chi connectivity index (χ2n) is 4.09. The summed E-state index contributed by atoms with van der Waals surface area (Å²) >= 11 is 0. The molecule has 0 aliphatic carbocycles. The number of nitrogens with one attached hydrogen (secondary N) is 2. The van der Waals surface area contributed by atoms with E-state index in [0.717, 1.165) is 0 Å². The monoisotopic (exact) mass is 345 g/mol. The van der Waals surface area contributed by atoms with Gasteiger partial charge < -0.3 is 45.8 Å². The van der Waals surface area contributed by atoms with Gasteiger partial charge in [-0.15, -0.1) is 0 Å². The van der Waals surface area contributed by atoms with Gasteiger partial charge in [-0.05, 0) is 12.8 Å². The molecule has 0 saturated heterocycles. The standard InChI is InChI=1S/2C4H10BF3NO2/c2*6-5(7,8)4-11-3-1-2-9-10/h2*9-10H,1-4H2/q2*-1/i1+1;. The van der Waals surface area contributed by atoms with E-state index in [1.54, 1.807) is 0 Å². The number of rotatable bonds is 12. The zero-order chi connectivity index (χ0) is 17.5. The van der Waals surface area contributed by atoms with Crippen molar-refractivity contribution in [2.45, 2.75) is 12.8 Å². The summed E-state index contributed by atoms with van der Waals surface area (Å²) < 4.78 is 77.1. The van der Waals surface area contributed by atoms with Gasteiger partial charge in [0.15, 0.2) is 0 Å². The van der Waals surface area contributed by atoms with Gasteiger partial charge in [0.1, 0.15) is 0 Å². The van der Waals surface area contributed by atoms with Crippen molar-refractivity contribution in [1.82, 2.24) is 11.0 Å². The van der Waals surface area contributed by atoms with Crippen LogP contribution >= 0.6 is 0 Å².